The molecule has 1 aromatic heterocycles. The molecule has 0 aliphatic heterocycles. The molecule has 0 aliphatic rings. The lowest BCUT2D eigenvalue weighted by atomic mass is 10.2. The van der Waals surface area contributed by atoms with Crippen LogP contribution >= 0.6 is 34.5 Å². The lowest BCUT2D eigenvalue weighted by Gasteiger charge is -2.11. The Kier molecular flexibility index (Phi) is 6.27. The maximum Gasteiger partial charge on any atom is 0.348 e. The van der Waals surface area contributed by atoms with Gasteiger partial charge in [-0.25, -0.2) is 4.79 Å². The Morgan fingerprint density at radius 1 is 1.21 bits per heavy atom. The summed E-state index contributed by atoms with van der Waals surface area (Å²) in [5.41, 5.74) is 2.16. The molecule has 7 heteroatoms. The minimum absolute atomic E-state index is 0.319. The largest absolute Gasteiger partial charge is 0.451 e. The van der Waals surface area contributed by atoms with Crippen LogP contribution in [-0.2, 0) is 16.0 Å². The molecule has 0 spiro atoms. The number of ether oxygens (including phenoxy) is 1. The average molecular weight is 386 g/mol. The molecule has 0 atom stereocenters. The number of halogens is 2. The maximum atomic E-state index is 12.0. The van der Waals surface area contributed by atoms with Crippen LogP contribution in [0.25, 0.3) is 0 Å². The Balaban J connectivity index is 1.98. The maximum absolute atomic E-state index is 12.0. The quantitative estimate of drug-likeness (QED) is 0.734. The van der Waals surface area contributed by atoms with E-state index in [1.807, 2.05) is 13.8 Å². The van der Waals surface area contributed by atoms with E-state index in [0.29, 0.717) is 20.6 Å². The second-order valence-electron chi connectivity index (χ2n) is 5.25. The highest BCUT2D eigenvalue weighted by Gasteiger charge is 2.16. The van der Waals surface area contributed by atoms with Gasteiger partial charge in [-0.3, -0.25) is 4.79 Å². The van der Waals surface area contributed by atoms with Crippen LogP contribution in [-0.4, -0.2) is 18.5 Å². The Hall–Kier alpha value is -1.56. The summed E-state index contributed by atoms with van der Waals surface area (Å²) in [5, 5.41) is 3.27. The normalized spacial score (nSPS) is 10.5. The van der Waals surface area contributed by atoms with E-state index in [4.69, 9.17) is 27.9 Å². The predicted molar refractivity (Wildman–Crippen MR) is 98.5 cm³/mol. The molecule has 0 aliphatic carbocycles. The van der Waals surface area contributed by atoms with Gasteiger partial charge < -0.3 is 10.1 Å². The van der Waals surface area contributed by atoms with Crippen molar-refractivity contribution in [2.24, 2.45) is 0 Å². The summed E-state index contributed by atoms with van der Waals surface area (Å²) >= 11 is 13.5. The van der Waals surface area contributed by atoms with Gasteiger partial charge in [-0.05, 0) is 43.5 Å². The number of benzene rings is 1. The van der Waals surface area contributed by atoms with Crippen molar-refractivity contribution in [3.8, 4) is 0 Å². The molecule has 0 saturated carbocycles. The van der Waals surface area contributed by atoms with Gasteiger partial charge in [0.1, 0.15) is 4.88 Å². The first kappa shape index (κ1) is 18.8. The van der Waals surface area contributed by atoms with Crippen LogP contribution in [0.3, 0.4) is 0 Å². The van der Waals surface area contributed by atoms with E-state index in [9.17, 15) is 9.59 Å². The molecule has 1 heterocycles. The summed E-state index contributed by atoms with van der Waals surface area (Å²) in [6, 6.07) is 5.17. The second kappa shape index (κ2) is 8.01. The fourth-order valence-electron chi connectivity index (χ4n) is 2.12. The molecule has 2 aromatic rings. The molecule has 2 rings (SSSR count). The first-order valence-corrected chi connectivity index (χ1v) is 8.91. The van der Waals surface area contributed by atoms with Crippen LogP contribution in [0.5, 0.6) is 0 Å². The number of amides is 1. The summed E-state index contributed by atoms with van der Waals surface area (Å²) < 4.78 is 5.06. The average Bonchev–Trinajstić information content (AvgIpc) is 2.94. The first-order chi connectivity index (χ1) is 11.3. The number of thiophene rings is 1. The Morgan fingerprint density at radius 3 is 2.54 bits per heavy atom. The lowest BCUT2D eigenvalue weighted by molar-refractivity contribution is -0.119. The van der Waals surface area contributed by atoms with Crippen LogP contribution in [0.4, 0.5) is 5.69 Å². The smallest absolute Gasteiger partial charge is 0.348 e. The number of esters is 1. The van der Waals surface area contributed by atoms with Crippen molar-refractivity contribution in [2.45, 2.75) is 27.2 Å². The fraction of sp³-hybridized carbons (Fsp3) is 0.294. The zero-order valence-corrected chi connectivity index (χ0v) is 15.9. The van der Waals surface area contributed by atoms with Crippen molar-refractivity contribution >= 4 is 52.1 Å². The van der Waals surface area contributed by atoms with Crippen molar-refractivity contribution in [3.63, 3.8) is 0 Å². The van der Waals surface area contributed by atoms with Gasteiger partial charge in [0.15, 0.2) is 6.61 Å². The van der Waals surface area contributed by atoms with Crippen LogP contribution in [0.15, 0.2) is 18.2 Å². The van der Waals surface area contributed by atoms with Gasteiger partial charge in [0.05, 0.1) is 15.7 Å². The molecule has 0 radical (unpaired) electrons. The van der Waals surface area contributed by atoms with Gasteiger partial charge in [-0.2, -0.15) is 0 Å². The summed E-state index contributed by atoms with van der Waals surface area (Å²) in [4.78, 5) is 25.6. The minimum atomic E-state index is -0.514. The number of carbonyl (C=O) groups is 2. The minimum Gasteiger partial charge on any atom is -0.451 e. The van der Waals surface area contributed by atoms with Gasteiger partial charge in [-0.15, -0.1) is 11.3 Å². The van der Waals surface area contributed by atoms with Crippen molar-refractivity contribution in [1.29, 1.82) is 0 Å². The van der Waals surface area contributed by atoms with Crippen molar-refractivity contribution in [2.75, 3.05) is 11.9 Å². The highest BCUT2D eigenvalue weighted by atomic mass is 35.5. The number of hydrogen-bond donors (Lipinski definition) is 1. The SMILES string of the molecule is CCc1sc(C(=O)OCC(=O)Nc2c(Cl)ccc(C)c2Cl)cc1C. The summed E-state index contributed by atoms with van der Waals surface area (Å²) in [6.07, 6.45) is 0.856. The number of hydrogen-bond acceptors (Lipinski definition) is 4. The van der Waals surface area contributed by atoms with E-state index < -0.39 is 18.5 Å². The van der Waals surface area contributed by atoms with Crippen LogP contribution in [0, 0.1) is 13.8 Å². The molecule has 4 nitrogen and oxygen atoms in total. The summed E-state index contributed by atoms with van der Waals surface area (Å²) in [7, 11) is 0. The molecular formula is C17H17Cl2NO3S. The topological polar surface area (TPSA) is 55.4 Å². The number of carbonyl (C=O) groups excluding carboxylic acids is 2. The van der Waals surface area contributed by atoms with E-state index in [0.717, 1.165) is 22.4 Å². The lowest BCUT2D eigenvalue weighted by Crippen LogP contribution is -2.21. The Morgan fingerprint density at radius 2 is 1.92 bits per heavy atom. The van der Waals surface area contributed by atoms with Crippen LogP contribution in [0.1, 0.15) is 32.6 Å². The highest BCUT2D eigenvalue weighted by molar-refractivity contribution is 7.14. The standard InChI is InChI=1S/C17H17Cl2NO3S/c1-4-12-10(3)7-13(24-12)17(22)23-8-14(21)20-16-11(18)6-5-9(2)15(16)19/h5-7H,4,8H2,1-3H3,(H,20,21). The molecule has 1 N–H and O–H groups in total. The monoisotopic (exact) mass is 385 g/mol. The Labute approximate surface area is 154 Å². The molecule has 24 heavy (non-hydrogen) atoms. The highest BCUT2D eigenvalue weighted by Crippen LogP contribution is 2.32. The Bertz CT molecular complexity index is 786. The predicted octanol–water partition coefficient (Wildman–Crippen LogP) is 5.03. The first-order valence-electron chi connectivity index (χ1n) is 7.34. The van der Waals surface area contributed by atoms with E-state index in [-0.39, 0.29) is 0 Å². The van der Waals surface area contributed by atoms with Crippen LogP contribution < -0.4 is 5.32 Å². The molecular weight excluding hydrogens is 369 g/mol. The molecule has 0 bridgehead atoms. The number of aryl methyl sites for hydroxylation is 3. The number of anilines is 1. The third kappa shape index (κ3) is 4.29. The van der Waals surface area contributed by atoms with Crippen molar-refractivity contribution < 1.29 is 14.3 Å². The molecule has 128 valence electrons. The van der Waals surface area contributed by atoms with Gasteiger partial charge in [0, 0.05) is 4.88 Å². The van der Waals surface area contributed by atoms with Crippen molar-refractivity contribution in [1.82, 2.24) is 0 Å². The van der Waals surface area contributed by atoms with Gasteiger partial charge in [0.2, 0.25) is 0 Å². The second-order valence-corrected chi connectivity index (χ2v) is 7.17. The van der Waals surface area contributed by atoms with E-state index in [1.54, 1.807) is 25.1 Å². The molecule has 0 unspecified atom stereocenters. The van der Waals surface area contributed by atoms with Gasteiger partial charge in [-0.1, -0.05) is 36.2 Å². The third-order valence-corrected chi connectivity index (χ3v) is 5.59. The van der Waals surface area contributed by atoms with Gasteiger partial charge in [0.25, 0.3) is 5.91 Å². The zero-order chi connectivity index (χ0) is 17.9. The molecule has 1 amide bonds. The zero-order valence-electron chi connectivity index (χ0n) is 13.5. The van der Waals surface area contributed by atoms with E-state index in [1.165, 1.54) is 11.3 Å². The van der Waals surface area contributed by atoms with Gasteiger partial charge >= 0.3 is 5.97 Å². The van der Waals surface area contributed by atoms with Crippen molar-refractivity contribution in [3.05, 3.63) is 49.1 Å². The summed E-state index contributed by atoms with van der Waals surface area (Å²) in [6.45, 7) is 5.37. The third-order valence-electron chi connectivity index (χ3n) is 3.43. The molecule has 0 fully saturated rings. The molecule has 1 aromatic carbocycles. The summed E-state index contributed by atoms with van der Waals surface area (Å²) in [5.74, 6) is -1.01. The molecule has 0 saturated heterocycles. The van der Waals surface area contributed by atoms with E-state index in [2.05, 4.69) is 5.32 Å². The fourth-order valence-corrected chi connectivity index (χ4v) is 3.59. The van der Waals surface area contributed by atoms with Crippen LogP contribution in [0.2, 0.25) is 10.0 Å². The van der Waals surface area contributed by atoms with E-state index >= 15 is 0 Å². The number of rotatable bonds is 5. The number of nitrogens with one attached hydrogen (secondary N) is 1.